The van der Waals surface area contributed by atoms with E-state index in [4.69, 9.17) is 9.47 Å². The van der Waals surface area contributed by atoms with Crippen molar-refractivity contribution in [3.8, 4) is 11.5 Å². The van der Waals surface area contributed by atoms with E-state index in [0.29, 0.717) is 23.6 Å². The molecule has 21 heavy (non-hydrogen) atoms. The van der Waals surface area contributed by atoms with Crippen molar-refractivity contribution in [3.05, 3.63) is 22.2 Å². The third-order valence-corrected chi connectivity index (χ3v) is 4.67. The zero-order chi connectivity index (χ0) is 15.4. The molecule has 1 aliphatic heterocycles. The molecule has 0 aromatic heterocycles. The molecular weight excluding hydrogens is 332 g/mol. The molecule has 0 N–H and O–H groups in total. The van der Waals surface area contributed by atoms with Crippen molar-refractivity contribution in [2.24, 2.45) is 5.10 Å². The van der Waals surface area contributed by atoms with Crippen molar-refractivity contribution in [1.29, 1.82) is 0 Å². The van der Waals surface area contributed by atoms with E-state index in [1.807, 2.05) is 18.3 Å². The van der Waals surface area contributed by atoms with E-state index in [1.54, 1.807) is 14.2 Å². The summed E-state index contributed by atoms with van der Waals surface area (Å²) >= 11 is 3.56. The minimum atomic E-state index is 0.490. The maximum absolute atomic E-state index is 5.34. The summed E-state index contributed by atoms with van der Waals surface area (Å²) in [7, 11) is 3.27. The molecule has 0 spiro atoms. The monoisotopic (exact) mass is 354 g/mol. The van der Waals surface area contributed by atoms with Crippen LogP contribution in [0.2, 0.25) is 0 Å². The number of rotatable bonds is 4. The number of hydrogen-bond acceptors (Lipinski definition) is 4. The summed E-state index contributed by atoms with van der Waals surface area (Å²) in [6.45, 7) is 4.47. The zero-order valence-electron chi connectivity index (χ0n) is 13.1. The van der Waals surface area contributed by atoms with Crippen LogP contribution in [-0.4, -0.2) is 37.5 Å². The smallest absolute Gasteiger partial charge is 0.161 e. The third-order valence-electron chi connectivity index (χ3n) is 3.98. The van der Waals surface area contributed by atoms with Gasteiger partial charge >= 0.3 is 0 Å². The number of hydrogen-bond donors (Lipinski definition) is 0. The van der Waals surface area contributed by atoms with Gasteiger partial charge in [-0.25, -0.2) is 0 Å². The van der Waals surface area contributed by atoms with Gasteiger partial charge in [-0.1, -0.05) is 0 Å². The van der Waals surface area contributed by atoms with Crippen LogP contribution in [0.4, 0.5) is 0 Å². The molecule has 1 aromatic rings. The molecule has 2 atom stereocenters. The lowest BCUT2D eigenvalue weighted by atomic mass is 10.00. The van der Waals surface area contributed by atoms with E-state index in [-0.39, 0.29) is 0 Å². The fourth-order valence-corrected chi connectivity index (χ4v) is 3.16. The number of benzene rings is 1. The van der Waals surface area contributed by atoms with E-state index in [9.17, 15) is 0 Å². The Labute approximate surface area is 135 Å². The summed E-state index contributed by atoms with van der Waals surface area (Å²) in [6, 6.07) is 4.82. The Bertz CT molecular complexity index is 509. The Morgan fingerprint density at radius 2 is 1.71 bits per heavy atom. The van der Waals surface area contributed by atoms with Gasteiger partial charge in [0.2, 0.25) is 0 Å². The molecule has 0 bridgehead atoms. The summed E-state index contributed by atoms with van der Waals surface area (Å²) < 4.78 is 11.6. The quantitative estimate of drug-likeness (QED) is 0.764. The fourth-order valence-electron chi connectivity index (χ4n) is 2.73. The Morgan fingerprint density at radius 3 is 2.29 bits per heavy atom. The molecule has 0 unspecified atom stereocenters. The van der Waals surface area contributed by atoms with Crippen LogP contribution >= 0.6 is 15.9 Å². The second-order valence-corrected chi connectivity index (χ2v) is 6.34. The summed E-state index contributed by atoms with van der Waals surface area (Å²) in [5.41, 5.74) is 0.984. The van der Waals surface area contributed by atoms with E-state index in [1.165, 1.54) is 19.3 Å². The van der Waals surface area contributed by atoms with Gasteiger partial charge in [-0.2, -0.15) is 5.10 Å². The first-order valence-electron chi connectivity index (χ1n) is 7.30. The van der Waals surface area contributed by atoms with Crippen LogP contribution in [0.5, 0.6) is 11.5 Å². The molecule has 2 rings (SSSR count). The maximum atomic E-state index is 5.34. The van der Waals surface area contributed by atoms with Gasteiger partial charge in [0, 0.05) is 22.1 Å². The van der Waals surface area contributed by atoms with Crippen LogP contribution in [0.3, 0.4) is 0 Å². The molecule has 5 heteroatoms. The van der Waals surface area contributed by atoms with Crippen molar-refractivity contribution in [2.75, 3.05) is 14.2 Å². The van der Waals surface area contributed by atoms with Crippen molar-refractivity contribution < 1.29 is 9.47 Å². The molecule has 116 valence electrons. The van der Waals surface area contributed by atoms with E-state index >= 15 is 0 Å². The third kappa shape index (κ3) is 3.70. The molecule has 0 aliphatic carbocycles. The first-order chi connectivity index (χ1) is 10.1. The number of halogens is 1. The molecule has 1 aliphatic rings. The summed E-state index contributed by atoms with van der Waals surface area (Å²) in [4.78, 5) is 0. The lowest BCUT2D eigenvalue weighted by Crippen LogP contribution is -2.39. The minimum Gasteiger partial charge on any atom is -0.493 e. The Balaban J connectivity index is 2.24. The predicted molar refractivity (Wildman–Crippen MR) is 89.5 cm³/mol. The Kier molecular flexibility index (Phi) is 5.51. The minimum absolute atomic E-state index is 0.490. The molecule has 1 heterocycles. The topological polar surface area (TPSA) is 34.1 Å². The van der Waals surface area contributed by atoms with E-state index in [0.717, 1.165) is 10.0 Å². The number of piperidine rings is 1. The number of hydrazone groups is 1. The number of methoxy groups -OCH3 is 2. The van der Waals surface area contributed by atoms with Crippen molar-refractivity contribution in [2.45, 2.75) is 45.2 Å². The van der Waals surface area contributed by atoms with Gasteiger partial charge in [0.25, 0.3) is 0 Å². The molecule has 1 saturated heterocycles. The van der Waals surface area contributed by atoms with Crippen LogP contribution in [0.25, 0.3) is 0 Å². The zero-order valence-corrected chi connectivity index (χ0v) is 14.7. The molecule has 1 aromatic carbocycles. The van der Waals surface area contributed by atoms with Gasteiger partial charge in [0.05, 0.1) is 20.4 Å². The summed E-state index contributed by atoms with van der Waals surface area (Å²) in [5.74, 6) is 1.42. The normalized spacial score (nSPS) is 22.6. The summed E-state index contributed by atoms with van der Waals surface area (Å²) in [5, 5.41) is 6.89. The van der Waals surface area contributed by atoms with Gasteiger partial charge in [0.1, 0.15) is 0 Å². The molecule has 1 fully saturated rings. The standard InChI is InChI=1S/C16H23BrN2O2/c1-11-6-5-7-12(2)19(11)18-10-13-8-15(20-3)16(21-4)9-14(13)17/h8-12H,5-7H2,1-4H3/b18-10-/t11-,12-/m0/s1. The molecule has 0 amide bonds. The lowest BCUT2D eigenvalue weighted by molar-refractivity contribution is 0.109. The van der Waals surface area contributed by atoms with Gasteiger partial charge in [0.15, 0.2) is 11.5 Å². The average molecular weight is 355 g/mol. The van der Waals surface area contributed by atoms with Crippen LogP contribution in [0.15, 0.2) is 21.7 Å². The highest BCUT2D eigenvalue weighted by Gasteiger charge is 2.22. The Hall–Kier alpha value is -1.23. The molecular formula is C16H23BrN2O2. The average Bonchev–Trinajstić information content (AvgIpc) is 2.47. The second-order valence-electron chi connectivity index (χ2n) is 5.48. The SMILES string of the molecule is COc1cc(Br)c(/C=N\N2[C@@H](C)CCC[C@@H]2C)cc1OC. The van der Waals surface area contributed by atoms with Gasteiger partial charge in [-0.05, 0) is 61.2 Å². The molecule has 0 saturated carbocycles. The maximum Gasteiger partial charge on any atom is 0.161 e. The van der Waals surface area contributed by atoms with Crippen molar-refractivity contribution in [3.63, 3.8) is 0 Å². The second kappa shape index (κ2) is 7.16. The van der Waals surface area contributed by atoms with Crippen LogP contribution in [0, 0.1) is 0 Å². The van der Waals surface area contributed by atoms with Crippen LogP contribution in [0.1, 0.15) is 38.7 Å². The first-order valence-corrected chi connectivity index (χ1v) is 8.10. The van der Waals surface area contributed by atoms with Gasteiger partial charge in [-0.15, -0.1) is 0 Å². The highest BCUT2D eigenvalue weighted by atomic mass is 79.9. The van der Waals surface area contributed by atoms with E-state index < -0.39 is 0 Å². The molecule has 4 nitrogen and oxygen atoms in total. The van der Waals surface area contributed by atoms with Gasteiger partial charge < -0.3 is 9.47 Å². The highest BCUT2D eigenvalue weighted by Crippen LogP contribution is 2.32. The Morgan fingerprint density at radius 1 is 1.14 bits per heavy atom. The first kappa shape index (κ1) is 16.1. The number of nitrogens with zero attached hydrogens (tertiary/aromatic N) is 2. The summed E-state index contributed by atoms with van der Waals surface area (Å²) in [6.07, 6.45) is 5.59. The highest BCUT2D eigenvalue weighted by molar-refractivity contribution is 9.10. The van der Waals surface area contributed by atoms with Crippen molar-refractivity contribution in [1.82, 2.24) is 5.01 Å². The molecule has 0 radical (unpaired) electrons. The predicted octanol–water partition coefficient (Wildman–Crippen LogP) is 4.06. The van der Waals surface area contributed by atoms with Gasteiger partial charge in [-0.3, -0.25) is 5.01 Å². The van der Waals surface area contributed by atoms with E-state index in [2.05, 4.69) is 39.9 Å². The van der Waals surface area contributed by atoms with Crippen LogP contribution in [-0.2, 0) is 0 Å². The van der Waals surface area contributed by atoms with Crippen LogP contribution < -0.4 is 9.47 Å². The van der Waals surface area contributed by atoms with Crippen molar-refractivity contribution >= 4 is 22.1 Å². The lowest BCUT2D eigenvalue weighted by Gasteiger charge is -2.36. The fraction of sp³-hybridized carbons (Fsp3) is 0.562. The largest absolute Gasteiger partial charge is 0.493 e. The number of ether oxygens (including phenoxy) is 2.